The minimum absolute atomic E-state index is 0.0612. The van der Waals surface area contributed by atoms with E-state index in [1.165, 1.54) is 31.4 Å². The van der Waals surface area contributed by atoms with Gasteiger partial charge in [0.25, 0.3) is 11.8 Å². The fourth-order valence-electron chi connectivity index (χ4n) is 2.97. The van der Waals surface area contributed by atoms with E-state index in [0.29, 0.717) is 8.95 Å². The van der Waals surface area contributed by atoms with Gasteiger partial charge in [0.05, 0.1) is 35.2 Å². The summed E-state index contributed by atoms with van der Waals surface area (Å²) in [6.45, 7) is 0. The molecule has 0 bridgehead atoms. The van der Waals surface area contributed by atoms with Crippen molar-refractivity contribution in [3.63, 3.8) is 0 Å². The van der Waals surface area contributed by atoms with Crippen LogP contribution < -0.4 is 15.4 Å². The van der Waals surface area contributed by atoms with E-state index in [1.54, 1.807) is 12.1 Å². The van der Waals surface area contributed by atoms with E-state index in [2.05, 4.69) is 42.5 Å². The molecule has 0 radical (unpaired) electrons. The normalized spacial score (nSPS) is 10.1. The molecule has 3 aromatic carbocycles. The number of amides is 2. The van der Waals surface area contributed by atoms with Crippen LogP contribution in [-0.4, -0.2) is 18.9 Å². The van der Waals surface area contributed by atoms with Crippen molar-refractivity contribution in [2.45, 2.75) is 0 Å². The van der Waals surface area contributed by atoms with E-state index in [0.717, 1.165) is 18.2 Å². The maximum absolute atomic E-state index is 14.4. The van der Waals surface area contributed by atoms with E-state index >= 15 is 0 Å². The fraction of sp³-hybridized carbons (Fsp3) is 0.0435. The van der Waals surface area contributed by atoms with Gasteiger partial charge in [-0.05, 0) is 42.5 Å². The van der Waals surface area contributed by atoms with Crippen LogP contribution in [0.3, 0.4) is 0 Å². The molecular weight excluding hydrogens is 578 g/mol. The highest BCUT2D eigenvalue weighted by molar-refractivity contribution is 9.10. The minimum atomic E-state index is -0.850. The molecule has 0 saturated heterocycles. The molecule has 0 fully saturated rings. The largest absolute Gasteiger partial charge is 0.496 e. The number of methoxy groups -OCH3 is 1. The van der Waals surface area contributed by atoms with E-state index < -0.39 is 23.4 Å². The third-order valence-electron chi connectivity index (χ3n) is 4.53. The highest BCUT2D eigenvalue weighted by atomic mass is 79.9. The molecule has 0 aliphatic heterocycles. The van der Waals surface area contributed by atoms with Crippen LogP contribution in [0.4, 0.5) is 20.2 Å². The summed E-state index contributed by atoms with van der Waals surface area (Å²) in [6.07, 6.45) is 0. The Bertz CT molecular complexity index is 1410. The molecule has 0 aromatic heterocycles. The van der Waals surface area contributed by atoms with Crippen molar-refractivity contribution < 1.29 is 23.1 Å². The number of hydrogen-bond acceptors (Lipinski definition) is 5. The number of rotatable bonds is 5. The van der Waals surface area contributed by atoms with Gasteiger partial charge in [-0.1, -0.05) is 31.9 Å². The summed E-state index contributed by atoms with van der Waals surface area (Å²) in [5.41, 5.74) is -1.10. The predicted molar refractivity (Wildman–Crippen MR) is 127 cm³/mol. The van der Waals surface area contributed by atoms with Gasteiger partial charge in [0, 0.05) is 14.5 Å². The number of ether oxygens (including phenoxy) is 1. The van der Waals surface area contributed by atoms with Crippen molar-refractivity contribution in [2.24, 2.45) is 0 Å². The zero-order valence-electron chi connectivity index (χ0n) is 17.2. The van der Waals surface area contributed by atoms with Gasteiger partial charge in [-0.3, -0.25) is 9.59 Å². The van der Waals surface area contributed by atoms with Crippen LogP contribution in [0.25, 0.3) is 0 Å². The molecule has 0 aliphatic carbocycles. The quantitative estimate of drug-likeness (QED) is 0.393. The fourth-order valence-corrected chi connectivity index (χ4v) is 3.83. The van der Waals surface area contributed by atoms with Crippen LogP contribution in [-0.2, 0) is 0 Å². The van der Waals surface area contributed by atoms with Gasteiger partial charge in [-0.2, -0.15) is 10.5 Å². The monoisotopic (exact) mass is 588 g/mol. The number of halogens is 4. The Labute approximate surface area is 209 Å². The molecular formula is C23H12Br2F2N4O3. The number of nitrogens with zero attached hydrogens (tertiary/aromatic N) is 2. The Morgan fingerprint density at radius 1 is 0.853 bits per heavy atom. The lowest BCUT2D eigenvalue weighted by Crippen LogP contribution is -2.18. The summed E-state index contributed by atoms with van der Waals surface area (Å²) in [5, 5.41) is 23.2. The van der Waals surface area contributed by atoms with E-state index in [4.69, 9.17) is 4.74 Å². The van der Waals surface area contributed by atoms with Crippen LogP contribution in [0, 0.1) is 34.3 Å². The molecule has 0 saturated carbocycles. The first-order valence-corrected chi connectivity index (χ1v) is 10.9. The molecule has 34 heavy (non-hydrogen) atoms. The zero-order chi connectivity index (χ0) is 25.0. The van der Waals surface area contributed by atoms with Gasteiger partial charge in [-0.25, -0.2) is 8.78 Å². The molecule has 0 spiro atoms. The second-order valence-electron chi connectivity index (χ2n) is 6.67. The molecule has 0 unspecified atom stereocenters. The van der Waals surface area contributed by atoms with Gasteiger partial charge >= 0.3 is 0 Å². The van der Waals surface area contributed by atoms with Crippen LogP contribution in [0.1, 0.15) is 31.8 Å². The van der Waals surface area contributed by atoms with Gasteiger partial charge in [0.15, 0.2) is 0 Å². The summed E-state index contributed by atoms with van der Waals surface area (Å²) >= 11 is 6.15. The number of carbonyl (C=O) groups is 2. The second kappa shape index (κ2) is 10.4. The van der Waals surface area contributed by atoms with E-state index in [-0.39, 0.29) is 39.4 Å². The van der Waals surface area contributed by atoms with Crippen molar-refractivity contribution in [1.82, 2.24) is 0 Å². The Morgan fingerprint density at radius 2 is 1.35 bits per heavy atom. The highest BCUT2D eigenvalue weighted by Gasteiger charge is 2.21. The molecule has 3 rings (SSSR count). The summed E-state index contributed by atoms with van der Waals surface area (Å²) in [7, 11) is 1.29. The number of nitriles is 2. The minimum Gasteiger partial charge on any atom is -0.496 e. The first-order chi connectivity index (χ1) is 16.2. The number of nitrogens with one attached hydrogen (secondary N) is 2. The smallest absolute Gasteiger partial charge is 0.259 e. The lowest BCUT2D eigenvalue weighted by atomic mass is 10.1. The van der Waals surface area contributed by atoms with Crippen LogP contribution in [0.2, 0.25) is 0 Å². The summed E-state index contributed by atoms with van der Waals surface area (Å²) in [4.78, 5) is 25.7. The Kier molecular flexibility index (Phi) is 7.61. The topological polar surface area (TPSA) is 115 Å². The summed E-state index contributed by atoms with van der Waals surface area (Å²) in [6, 6.07) is 12.2. The molecule has 0 atom stereocenters. The molecule has 7 nitrogen and oxygen atoms in total. The third kappa shape index (κ3) is 5.22. The molecule has 2 N–H and O–H groups in total. The molecule has 3 aromatic rings. The van der Waals surface area contributed by atoms with Gasteiger partial charge < -0.3 is 15.4 Å². The average Bonchev–Trinajstić information content (AvgIpc) is 2.81. The second-order valence-corrected chi connectivity index (χ2v) is 8.50. The predicted octanol–water partition coefficient (Wildman–Crippen LogP) is 5.75. The Hall–Kier alpha value is -3.80. The van der Waals surface area contributed by atoms with Crippen molar-refractivity contribution >= 4 is 55.0 Å². The lowest BCUT2D eigenvalue weighted by molar-refractivity contribution is 0.102. The molecule has 2 amide bonds. The highest BCUT2D eigenvalue weighted by Crippen LogP contribution is 2.28. The van der Waals surface area contributed by atoms with Crippen molar-refractivity contribution in [3.8, 4) is 17.9 Å². The Balaban J connectivity index is 1.96. The maximum Gasteiger partial charge on any atom is 0.259 e. The van der Waals surface area contributed by atoms with Crippen LogP contribution in [0.5, 0.6) is 5.75 Å². The number of carbonyl (C=O) groups excluding carboxylic acids is 2. The van der Waals surface area contributed by atoms with Crippen LogP contribution >= 0.6 is 31.9 Å². The number of hydrogen-bond donors (Lipinski definition) is 2. The van der Waals surface area contributed by atoms with Crippen molar-refractivity contribution in [3.05, 3.63) is 85.3 Å². The lowest BCUT2D eigenvalue weighted by Gasteiger charge is -2.13. The zero-order valence-corrected chi connectivity index (χ0v) is 20.3. The molecule has 170 valence electrons. The summed E-state index contributed by atoms with van der Waals surface area (Å²) in [5.74, 6) is -3.27. The van der Waals surface area contributed by atoms with Crippen LogP contribution in [0.15, 0.2) is 51.4 Å². The SMILES string of the molecule is COc1ccc(C(=O)Nc2c(F)cc(Br)cc2C#N)cc1C(=O)Nc1c(F)cc(Br)cc1C#N. The number of anilines is 2. The van der Waals surface area contributed by atoms with Gasteiger partial charge in [-0.15, -0.1) is 0 Å². The molecule has 0 heterocycles. The molecule has 11 heteroatoms. The van der Waals surface area contributed by atoms with Crippen molar-refractivity contribution in [1.29, 1.82) is 10.5 Å². The first kappa shape index (κ1) is 24.8. The van der Waals surface area contributed by atoms with E-state index in [9.17, 15) is 28.9 Å². The maximum atomic E-state index is 14.4. The first-order valence-electron chi connectivity index (χ1n) is 9.27. The van der Waals surface area contributed by atoms with Crippen molar-refractivity contribution in [2.75, 3.05) is 17.7 Å². The standard InChI is InChI=1S/C23H12Br2F2N4O3/c1-34-19-3-2-11(22(32)30-20-12(9-28)4-14(24)7-17(20)26)6-16(19)23(33)31-21-13(10-29)5-15(25)8-18(21)27/h2-8H,1H3,(H,30,32)(H,31,33). The summed E-state index contributed by atoms with van der Waals surface area (Å²) < 4.78 is 34.5. The average molecular weight is 590 g/mol. The van der Waals surface area contributed by atoms with E-state index in [1.807, 2.05) is 0 Å². The van der Waals surface area contributed by atoms with Gasteiger partial charge in [0.2, 0.25) is 0 Å². The number of benzene rings is 3. The Morgan fingerprint density at radius 3 is 1.82 bits per heavy atom. The molecule has 0 aliphatic rings. The third-order valence-corrected chi connectivity index (χ3v) is 5.45. The van der Waals surface area contributed by atoms with Gasteiger partial charge in [0.1, 0.15) is 29.5 Å².